The molecule has 4 rings (SSSR count). The Morgan fingerprint density at radius 1 is 1.12 bits per heavy atom. The van der Waals surface area contributed by atoms with Crippen molar-refractivity contribution >= 4 is 40.6 Å². The van der Waals surface area contributed by atoms with Crippen molar-refractivity contribution in [2.75, 3.05) is 6.61 Å². The number of furan rings is 1. The molecule has 2 heterocycles. The SMILES string of the molecule is CCOC(=O)c1ccc(-c2ccc(/C=C(\C#N)c3nc(-c4ccc(Cl)cc4)cs3)o2)cc1. The first kappa shape index (κ1) is 21.6. The predicted octanol–water partition coefficient (Wildman–Crippen LogP) is 6.96. The molecule has 0 amide bonds. The quantitative estimate of drug-likeness (QED) is 0.229. The highest BCUT2D eigenvalue weighted by atomic mass is 35.5. The summed E-state index contributed by atoms with van der Waals surface area (Å²) in [6.07, 6.45) is 1.67. The molecule has 4 aromatic rings. The van der Waals surface area contributed by atoms with Crippen LogP contribution in [-0.2, 0) is 4.74 Å². The molecule has 32 heavy (non-hydrogen) atoms. The number of nitrogens with zero attached hydrogens (tertiary/aromatic N) is 2. The van der Waals surface area contributed by atoms with Gasteiger partial charge in [0.25, 0.3) is 0 Å². The molecule has 0 aliphatic rings. The molecule has 0 unspecified atom stereocenters. The molecule has 0 spiro atoms. The lowest BCUT2D eigenvalue weighted by molar-refractivity contribution is 0.0526. The van der Waals surface area contributed by atoms with Gasteiger partial charge in [-0.15, -0.1) is 11.3 Å². The molecule has 0 saturated carbocycles. The Morgan fingerprint density at radius 2 is 1.84 bits per heavy atom. The zero-order valence-corrected chi connectivity index (χ0v) is 18.6. The Balaban J connectivity index is 1.55. The van der Waals surface area contributed by atoms with Crippen LogP contribution >= 0.6 is 22.9 Å². The smallest absolute Gasteiger partial charge is 0.338 e. The Morgan fingerprint density at radius 3 is 2.53 bits per heavy atom. The summed E-state index contributed by atoms with van der Waals surface area (Å²) in [6, 6.07) is 20.2. The van der Waals surface area contributed by atoms with Crippen LogP contribution in [0.3, 0.4) is 0 Å². The summed E-state index contributed by atoms with van der Waals surface area (Å²) < 4.78 is 10.9. The number of hydrogen-bond donors (Lipinski definition) is 0. The van der Waals surface area contributed by atoms with E-state index in [4.69, 9.17) is 20.8 Å². The fourth-order valence-corrected chi connectivity index (χ4v) is 3.93. The third kappa shape index (κ3) is 4.80. The second kappa shape index (κ2) is 9.65. The number of aromatic nitrogens is 1. The number of halogens is 1. The van der Waals surface area contributed by atoms with Crippen molar-refractivity contribution in [1.29, 1.82) is 5.26 Å². The normalized spacial score (nSPS) is 11.2. The number of thiazole rings is 1. The number of hydrogen-bond acceptors (Lipinski definition) is 6. The molecular formula is C25H17ClN2O3S. The van der Waals surface area contributed by atoms with Crippen LogP contribution in [0.15, 0.2) is 70.5 Å². The van der Waals surface area contributed by atoms with E-state index in [9.17, 15) is 10.1 Å². The fraction of sp³-hybridized carbons (Fsp3) is 0.0800. The first-order valence-electron chi connectivity index (χ1n) is 9.78. The second-order valence-corrected chi connectivity index (χ2v) is 8.01. The molecule has 0 radical (unpaired) electrons. The van der Waals surface area contributed by atoms with Crippen LogP contribution in [-0.4, -0.2) is 17.6 Å². The van der Waals surface area contributed by atoms with E-state index in [2.05, 4.69) is 11.1 Å². The van der Waals surface area contributed by atoms with Gasteiger partial charge in [-0.05, 0) is 43.3 Å². The minimum atomic E-state index is -0.359. The van der Waals surface area contributed by atoms with Crippen molar-refractivity contribution in [2.24, 2.45) is 0 Å². The number of allylic oxidation sites excluding steroid dienone is 1. The number of nitriles is 1. The van der Waals surface area contributed by atoms with Crippen LogP contribution in [0.5, 0.6) is 0 Å². The van der Waals surface area contributed by atoms with E-state index in [1.807, 2.05) is 23.6 Å². The molecule has 158 valence electrons. The van der Waals surface area contributed by atoms with Crippen LogP contribution in [0.4, 0.5) is 0 Å². The lowest BCUT2D eigenvalue weighted by Gasteiger charge is -2.02. The summed E-state index contributed by atoms with van der Waals surface area (Å²) >= 11 is 7.34. The summed E-state index contributed by atoms with van der Waals surface area (Å²) in [4.78, 5) is 16.4. The fourth-order valence-electron chi connectivity index (χ4n) is 3.01. The highest BCUT2D eigenvalue weighted by Crippen LogP contribution is 2.29. The van der Waals surface area contributed by atoms with Gasteiger partial charge in [-0.1, -0.05) is 35.9 Å². The topological polar surface area (TPSA) is 76.1 Å². The van der Waals surface area contributed by atoms with Gasteiger partial charge in [-0.25, -0.2) is 9.78 Å². The standard InChI is InChI=1S/C25H17ClN2O3S/c1-2-30-25(29)18-5-3-17(4-6-18)23-12-11-21(31-23)13-19(14-27)24-28-22(15-32-24)16-7-9-20(26)10-8-16/h3-13,15H,2H2,1H3/b19-13+. The van der Waals surface area contributed by atoms with Crippen molar-refractivity contribution in [3.8, 4) is 28.7 Å². The molecule has 0 aliphatic heterocycles. The van der Waals surface area contributed by atoms with E-state index in [0.29, 0.717) is 39.3 Å². The second-order valence-electron chi connectivity index (χ2n) is 6.71. The predicted molar refractivity (Wildman–Crippen MR) is 126 cm³/mol. The van der Waals surface area contributed by atoms with Gasteiger partial charge in [0.1, 0.15) is 22.6 Å². The first-order valence-corrected chi connectivity index (χ1v) is 11.0. The highest BCUT2D eigenvalue weighted by molar-refractivity contribution is 7.11. The summed E-state index contributed by atoms with van der Waals surface area (Å²) in [6.45, 7) is 2.10. The van der Waals surface area contributed by atoms with Gasteiger partial charge < -0.3 is 9.15 Å². The average Bonchev–Trinajstić information content (AvgIpc) is 3.48. The maximum absolute atomic E-state index is 11.8. The lowest BCUT2D eigenvalue weighted by atomic mass is 10.1. The molecule has 5 nitrogen and oxygen atoms in total. The van der Waals surface area contributed by atoms with Crippen molar-refractivity contribution in [3.63, 3.8) is 0 Å². The van der Waals surface area contributed by atoms with Gasteiger partial charge in [0.2, 0.25) is 0 Å². The molecule has 0 aliphatic carbocycles. The summed E-state index contributed by atoms with van der Waals surface area (Å²) in [7, 11) is 0. The van der Waals surface area contributed by atoms with Gasteiger partial charge in [0.05, 0.1) is 23.4 Å². The van der Waals surface area contributed by atoms with Crippen LogP contribution in [0.25, 0.3) is 34.2 Å². The molecule has 2 aromatic carbocycles. The van der Waals surface area contributed by atoms with E-state index >= 15 is 0 Å². The lowest BCUT2D eigenvalue weighted by Crippen LogP contribution is -2.03. The molecule has 2 aromatic heterocycles. The van der Waals surface area contributed by atoms with Crippen molar-refractivity contribution in [2.45, 2.75) is 6.92 Å². The van der Waals surface area contributed by atoms with Gasteiger partial charge in [-0.3, -0.25) is 0 Å². The minimum absolute atomic E-state index is 0.329. The van der Waals surface area contributed by atoms with Crippen LogP contribution < -0.4 is 0 Å². The Kier molecular flexibility index (Phi) is 6.50. The van der Waals surface area contributed by atoms with Gasteiger partial charge in [-0.2, -0.15) is 5.26 Å². The van der Waals surface area contributed by atoms with E-state index in [1.165, 1.54) is 11.3 Å². The Labute approximate surface area is 194 Å². The van der Waals surface area contributed by atoms with E-state index in [-0.39, 0.29) is 5.97 Å². The summed E-state index contributed by atoms with van der Waals surface area (Å²) in [5.41, 5.74) is 3.42. The van der Waals surface area contributed by atoms with E-state index < -0.39 is 0 Å². The van der Waals surface area contributed by atoms with Crippen molar-refractivity contribution in [1.82, 2.24) is 4.98 Å². The maximum atomic E-state index is 11.8. The average molecular weight is 461 g/mol. The number of carbonyl (C=O) groups excluding carboxylic acids is 1. The molecule has 0 atom stereocenters. The summed E-state index contributed by atoms with van der Waals surface area (Å²) in [5, 5.41) is 12.8. The molecule has 0 bridgehead atoms. The van der Waals surface area contributed by atoms with Gasteiger partial charge >= 0.3 is 5.97 Å². The monoisotopic (exact) mass is 460 g/mol. The molecule has 0 saturated heterocycles. The van der Waals surface area contributed by atoms with E-state index in [0.717, 1.165) is 16.8 Å². The third-order valence-corrected chi connectivity index (χ3v) is 5.72. The highest BCUT2D eigenvalue weighted by Gasteiger charge is 2.12. The van der Waals surface area contributed by atoms with Crippen LogP contribution in [0, 0.1) is 11.3 Å². The molecule has 0 N–H and O–H groups in total. The molecular weight excluding hydrogens is 444 g/mol. The number of ether oxygens (including phenoxy) is 1. The number of rotatable bonds is 6. The summed E-state index contributed by atoms with van der Waals surface area (Å²) in [5.74, 6) is 0.807. The van der Waals surface area contributed by atoms with Crippen molar-refractivity contribution in [3.05, 3.63) is 87.4 Å². The number of esters is 1. The zero-order valence-electron chi connectivity index (χ0n) is 17.0. The first-order chi connectivity index (χ1) is 15.6. The largest absolute Gasteiger partial charge is 0.462 e. The number of carbonyl (C=O) groups is 1. The maximum Gasteiger partial charge on any atom is 0.338 e. The number of benzene rings is 2. The van der Waals surface area contributed by atoms with Crippen LogP contribution in [0.2, 0.25) is 5.02 Å². The zero-order chi connectivity index (χ0) is 22.5. The van der Waals surface area contributed by atoms with Gasteiger partial charge in [0.15, 0.2) is 0 Å². The molecule has 0 fully saturated rings. The Bertz CT molecular complexity index is 1310. The van der Waals surface area contributed by atoms with Crippen LogP contribution in [0.1, 0.15) is 28.0 Å². The third-order valence-electron chi connectivity index (χ3n) is 4.59. The Hall–Kier alpha value is -3.66. The van der Waals surface area contributed by atoms with Gasteiger partial charge in [0, 0.05) is 27.6 Å². The minimum Gasteiger partial charge on any atom is -0.462 e. The van der Waals surface area contributed by atoms with Crippen molar-refractivity contribution < 1.29 is 13.9 Å². The van der Waals surface area contributed by atoms with E-state index in [1.54, 1.807) is 55.5 Å². The molecule has 7 heteroatoms.